The molecule has 2 fully saturated rings. The number of aryl methyl sites for hydroxylation is 1. The number of hydrogen-bond acceptors (Lipinski definition) is 4. The third kappa shape index (κ3) is 4.00. The lowest BCUT2D eigenvalue weighted by Crippen LogP contribution is -2.49. The van der Waals surface area contributed by atoms with E-state index in [4.69, 9.17) is 21.1 Å². The number of benzene rings is 2. The van der Waals surface area contributed by atoms with Crippen LogP contribution in [0.15, 0.2) is 60.7 Å². The monoisotopic (exact) mass is 463 g/mol. The third-order valence-corrected chi connectivity index (χ3v) is 6.73. The fourth-order valence-electron chi connectivity index (χ4n) is 4.86. The molecule has 170 valence electrons. The number of carbonyl (C=O) groups excluding carboxylic acids is 1. The zero-order chi connectivity index (χ0) is 23.1. The number of fused-ring (bicyclic) bond motifs is 1. The maximum Gasteiger partial charge on any atom is 0.289 e. The number of halogens is 1. The van der Waals surface area contributed by atoms with Gasteiger partial charge in [0.05, 0.1) is 36.9 Å². The van der Waals surface area contributed by atoms with E-state index in [-0.39, 0.29) is 24.1 Å². The van der Waals surface area contributed by atoms with Crippen molar-refractivity contribution in [1.29, 1.82) is 0 Å². The molecular formula is C26H26ClN3O3. The van der Waals surface area contributed by atoms with Crippen LogP contribution < -0.4 is 4.74 Å². The topological polar surface area (TPSA) is 56.6 Å². The Morgan fingerprint density at radius 2 is 1.97 bits per heavy atom. The first kappa shape index (κ1) is 21.6. The summed E-state index contributed by atoms with van der Waals surface area (Å²) in [5.41, 5.74) is 3.75. The van der Waals surface area contributed by atoms with Gasteiger partial charge >= 0.3 is 0 Å². The molecule has 2 aromatic carbocycles. The molecule has 5 rings (SSSR count). The summed E-state index contributed by atoms with van der Waals surface area (Å²) in [7, 11) is 1.63. The van der Waals surface area contributed by atoms with Crippen LogP contribution in [0.25, 0.3) is 11.8 Å². The van der Waals surface area contributed by atoms with E-state index in [1.165, 1.54) is 0 Å². The number of hydrogen-bond donors (Lipinski definition) is 0. The van der Waals surface area contributed by atoms with Gasteiger partial charge < -0.3 is 18.9 Å². The summed E-state index contributed by atoms with van der Waals surface area (Å²) in [6.07, 6.45) is 7.24. The maximum atomic E-state index is 13.5. The number of aromatic nitrogens is 2. The average molecular weight is 464 g/mol. The molecule has 0 radical (unpaired) electrons. The second kappa shape index (κ2) is 8.60. The Labute approximate surface area is 198 Å². The summed E-state index contributed by atoms with van der Waals surface area (Å²) in [5.74, 6) is 0.966. The van der Waals surface area contributed by atoms with Crippen LogP contribution in [-0.4, -0.2) is 39.6 Å². The van der Waals surface area contributed by atoms with E-state index in [2.05, 4.69) is 4.98 Å². The van der Waals surface area contributed by atoms with Crippen LogP contribution in [0.2, 0.25) is 5.02 Å². The van der Waals surface area contributed by atoms with E-state index in [9.17, 15) is 4.79 Å². The van der Waals surface area contributed by atoms with Crippen molar-refractivity contribution in [2.24, 2.45) is 0 Å². The minimum Gasteiger partial charge on any atom is -0.495 e. The minimum atomic E-state index is -0.0821. The van der Waals surface area contributed by atoms with Gasteiger partial charge in [0.15, 0.2) is 5.76 Å². The van der Waals surface area contributed by atoms with Gasteiger partial charge in [-0.15, -0.1) is 0 Å². The first-order valence-electron chi connectivity index (χ1n) is 11.1. The fourth-order valence-corrected chi connectivity index (χ4v) is 4.98. The number of amides is 1. The molecule has 3 atom stereocenters. The quantitative estimate of drug-likeness (QED) is 0.490. The average Bonchev–Trinajstić information content (AvgIpc) is 3.45. The fraction of sp³-hybridized carbons (Fsp3) is 0.308. The van der Waals surface area contributed by atoms with Gasteiger partial charge in [0.1, 0.15) is 11.9 Å². The highest BCUT2D eigenvalue weighted by Gasteiger charge is 2.46. The molecule has 3 aromatic rings. The van der Waals surface area contributed by atoms with Crippen LogP contribution in [0, 0.1) is 6.92 Å². The molecule has 2 saturated heterocycles. The molecule has 0 N–H and O–H groups in total. The lowest BCUT2D eigenvalue weighted by Gasteiger charge is -2.39. The molecule has 1 amide bonds. The normalized spacial score (nSPS) is 23.5. The van der Waals surface area contributed by atoms with Crippen molar-refractivity contribution in [3.8, 4) is 11.4 Å². The van der Waals surface area contributed by atoms with Crippen molar-refractivity contribution in [2.45, 2.75) is 44.9 Å². The van der Waals surface area contributed by atoms with Gasteiger partial charge in [0, 0.05) is 11.2 Å². The predicted molar refractivity (Wildman–Crippen MR) is 127 cm³/mol. The molecule has 0 bridgehead atoms. The highest BCUT2D eigenvalue weighted by atomic mass is 35.5. The minimum absolute atomic E-state index is 0.0240. The van der Waals surface area contributed by atoms with Crippen LogP contribution in [0.3, 0.4) is 0 Å². The van der Waals surface area contributed by atoms with E-state index in [1.54, 1.807) is 19.5 Å². The Kier molecular flexibility index (Phi) is 5.62. The molecule has 0 aliphatic carbocycles. The molecule has 0 spiro atoms. The molecule has 6 nitrogen and oxygen atoms in total. The van der Waals surface area contributed by atoms with Gasteiger partial charge in [-0.2, -0.15) is 0 Å². The molecule has 33 heavy (non-hydrogen) atoms. The van der Waals surface area contributed by atoms with Crippen LogP contribution >= 0.6 is 11.6 Å². The van der Waals surface area contributed by atoms with Crippen molar-refractivity contribution in [2.75, 3.05) is 7.11 Å². The van der Waals surface area contributed by atoms with Crippen LogP contribution in [0.1, 0.15) is 42.6 Å². The number of rotatable bonds is 4. The van der Waals surface area contributed by atoms with E-state index < -0.39 is 0 Å². The lowest BCUT2D eigenvalue weighted by molar-refractivity contribution is -0.144. The Hall–Kier alpha value is -3.25. The number of nitrogens with zero attached hydrogens (tertiary/aromatic N) is 3. The van der Waals surface area contributed by atoms with Crippen molar-refractivity contribution in [3.05, 3.63) is 82.6 Å². The Morgan fingerprint density at radius 1 is 1.18 bits per heavy atom. The molecule has 2 aliphatic rings. The van der Waals surface area contributed by atoms with Crippen molar-refractivity contribution in [1.82, 2.24) is 14.5 Å². The number of ether oxygens (including phenoxy) is 2. The van der Waals surface area contributed by atoms with Gasteiger partial charge in [0.25, 0.3) is 5.91 Å². The van der Waals surface area contributed by atoms with Gasteiger partial charge in [0.2, 0.25) is 0 Å². The summed E-state index contributed by atoms with van der Waals surface area (Å²) in [4.78, 5) is 19.8. The standard InChI is InChI=1S/C26H26ClN3O3/c1-16-14-29(15-28-16)23-9-4-18(12-24(23)32-3)13-25-26(31)30-21(17(2)33-25)10-11-22(30)19-5-7-20(27)8-6-19/h4-9,12-15,17,21-22H,10-11H2,1-3H3/t17?,21-,22?/m1/s1. The van der Waals surface area contributed by atoms with Gasteiger partial charge in [-0.3, -0.25) is 4.79 Å². The van der Waals surface area contributed by atoms with Crippen molar-refractivity contribution in [3.63, 3.8) is 0 Å². The molecule has 1 aromatic heterocycles. The third-order valence-electron chi connectivity index (χ3n) is 6.48. The zero-order valence-electron chi connectivity index (χ0n) is 18.9. The van der Waals surface area contributed by atoms with Crippen LogP contribution in [-0.2, 0) is 9.53 Å². The van der Waals surface area contributed by atoms with E-state index in [0.29, 0.717) is 16.5 Å². The van der Waals surface area contributed by atoms with Gasteiger partial charge in [-0.1, -0.05) is 29.8 Å². The molecule has 2 unspecified atom stereocenters. The highest BCUT2D eigenvalue weighted by molar-refractivity contribution is 6.30. The van der Waals surface area contributed by atoms with Gasteiger partial charge in [-0.25, -0.2) is 4.98 Å². The van der Waals surface area contributed by atoms with Crippen molar-refractivity contribution < 1.29 is 14.3 Å². The summed E-state index contributed by atoms with van der Waals surface area (Å²) in [5, 5.41) is 0.693. The van der Waals surface area contributed by atoms with E-state index in [0.717, 1.165) is 35.3 Å². The zero-order valence-corrected chi connectivity index (χ0v) is 19.6. The molecule has 2 aliphatic heterocycles. The first-order chi connectivity index (χ1) is 15.9. The summed E-state index contributed by atoms with van der Waals surface area (Å²) >= 11 is 6.07. The lowest BCUT2D eigenvalue weighted by atomic mass is 10.0. The van der Waals surface area contributed by atoms with E-state index >= 15 is 0 Å². The van der Waals surface area contributed by atoms with Crippen LogP contribution in [0.4, 0.5) is 0 Å². The smallest absolute Gasteiger partial charge is 0.289 e. The maximum absolute atomic E-state index is 13.5. The summed E-state index contributed by atoms with van der Waals surface area (Å²) in [6.45, 7) is 3.98. The Balaban J connectivity index is 1.46. The molecule has 0 saturated carbocycles. The molecular weight excluding hydrogens is 438 g/mol. The number of imidazole rings is 1. The second-order valence-electron chi connectivity index (χ2n) is 8.61. The first-order valence-corrected chi connectivity index (χ1v) is 11.5. The van der Waals surface area contributed by atoms with Crippen molar-refractivity contribution >= 4 is 23.6 Å². The summed E-state index contributed by atoms with van der Waals surface area (Å²) < 4.78 is 13.6. The Bertz CT molecular complexity index is 1220. The predicted octanol–water partition coefficient (Wildman–Crippen LogP) is 5.33. The molecule has 7 heteroatoms. The highest BCUT2D eigenvalue weighted by Crippen LogP contribution is 2.42. The number of carbonyl (C=O) groups is 1. The summed E-state index contributed by atoms with van der Waals surface area (Å²) in [6, 6.07) is 13.7. The molecule has 3 heterocycles. The van der Waals surface area contributed by atoms with Gasteiger partial charge in [-0.05, 0) is 68.2 Å². The Morgan fingerprint density at radius 3 is 2.67 bits per heavy atom. The second-order valence-corrected chi connectivity index (χ2v) is 9.05. The SMILES string of the molecule is COc1cc(C=C2OC(C)[C@H]3CCC(c4ccc(Cl)cc4)N3C2=O)ccc1-n1cnc(C)c1. The van der Waals surface area contributed by atoms with E-state index in [1.807, 2.05) is 72.0 Å². The largest absolute Gasteiger partial charge is 0.495 e. The number of methoxy groups -OCH3 is 1. The van der Waals surface area contributed by atoms with Crippen LogP contribution in [0.5, 0.6) is 5.75 Å². The number of morpholine rings is 1.